The van der Waals surface area contributed by atoms with E-state index in [0.29, 0.717) is 3.80 Å². The number of hydrogen-bond acceptors (Lipinski definition) is 2. The van der Waals surface area contributed by atoms with E-state index in [1.54, 1.807) is 7.11 Å². The van der Waals surface area contributed by atoms with Crippen LogP contribution < -0.4 is 4.74 Å². The number of methoxy groups -OCH3 is 1. The van der Waals surface area contributed by atoms with Gasteiger partial charge >= 0.3 is 421 Å². The maximum absolute atomic E-state index is 19.4. The van der Waals surface area contributed by atoms with E-state index in [1.165, 1.54) is 100 Å². The Morgan fingerprint density at radius 2 is 0.507 bits per heavy atom. The molecule has 0 atom stereocenters. The molecule has 9 aliphatic carbocycles. The molecule has 334 valence electrons. The van der Waals surface area contributed by atoms with Gasteiger partial charge in [-0.25, -0.2) is 0 Å². The van der Waals surface area contributed by atoms with Crippen LogP contribution in [0.5, 0.6) is 5.75 Å². The van der Waals surface area contributed by atoms with Crippen molar-refractivity contribution in [3.63, 3.8) is 0 Å². The molecular weight excluding hydrogens is 967 g/mol. The average molecular weight is 1010 g/mol. The van der Waals surface area contributed by atoms with Crippen LogP contribution >= 0.6 is 0 Å². The first-order valence-corrected chi connectivity index (χ1v) is 30.9. The second kappa shape index (κ2) is 14.1. The Morgan fingerprint density at radius 1 is 0.310 bits per heavy atom. The summed E-state index contributed by atoms with van der Waals surface area (Å²) in [4.78, 5) is 19.4. The summed E-state index contributed by atoms with van der Waals surface area (Å²) in [6.07, 6.45) is 0. The van der Waals surface area contributed by atoms with Gasteiger partial charge in [-0.15, -0.1) is 0 Å². The van der Waals surface area contributed by atoms with Crippen molar-refractivity contribution in [2.24, 2.45) is 0 Å². The van der Waals surface area contributed by atoms with Crippen LogP contribution in [0.25, 0.3) is 0 Å². The van der Waals surface area contributed by atoms with E-state index >= 15 is 4.79 Å². The van der Waals surface area contributed by atoms with Crippen molar-refractivity contribution in [1.29, 1.82) is 0 Å². The van der Waals surface area contributed by atoms with Gasteiger partial charge in [-0.05, 0) is 0 Å². The van der Waals surface area contributed by atoms with Crippen LogP contribution in [-0.2, 0) is 10.3 Å². The Bertz CT molecular complexity index is 3250. The minimum absolute atomic E-state index is 0.00143. The Hall–Kier alpha value is -7.53. The SMILES string of the molecule is COc1ccc([C](=O)[Sn]([C]23c4ccccc4C(c4ccccc42)c2ccccc23)([C]23c4ccccc4C(c4ccccc42)c2ccccc23)[C]23c4ccccc4C(c4ccccc42)c2ccccc23)cc1. The number of hydrogen-bond donors (Lipinski definition) is 0. The zero-order valence-electron chi connectivity index (χ0n) is 39.1. The second-order valence-corrected chi connectivity index (χ2v) is 32.6. The van der Waals surface area contributed by atoms with Gasteiger partial charge in [0, 0.05) is 0 Å². The van der Waals surface area contributed by atoms with Gasteiger partial charge in [0.05, 0.1) is 0 Å². The van der Waals surface area contributed by atoms with Crippen molar-refractivity contribution >= 4 is 22.2 Å². The molecule has 9 aliphatic rings. The van der Waals surface area contributed by atoms with Crippen LogP contribution in [0, 0.1) is 0 Å². The van der Waals surface area contributed by atoms with Gasteiger partial charge in [-0.3, -0.25) is 0 Å². The van der Waals surface area contributed by atoms with Crippen LogP contribution in [0.15, 0.2) is 243 Å². The van der Waals surface area contributed by atoms with Crippen LogP contribution in [0.3, 0.4) is 0 Å². The average Bonchev–Trinajstić information content (AvgIpc) is 3.51. The molecule has 0 N–H and O–H groups in total. The molecule has 0 spiro atoms. The van der Waals surface area contributed by atoms with Gasteiger partial charge < -0.3 is 0 Å². The first kappa shape index (κ1) is 40.2. The number of rotatable bonds is 6. The molecule has 19 rings (SSSR count). The number of ether oxygens (including phenoxy) is 1. The van der Waals surface area contributed by atoms with Crippen LogP contribution in [0.2, 0.25) is 0 Å². The van der Waals surface area contributed by atoms with Crippen molar-refractivity contribution in [2.75, 3.05) is 7.11 Å². The quantitative estimate of drug-likeness (QED) is 0.155. The van der Waals surface area contributed by atoms with E-state index in [0.717, 1.165) is 11.3 Å². The molecule has 10 aromatic rings. The summed E-state index contributed by atoms with van der Waals surface area (Å²) in [7, 11) is 1.72. The fraction of sp³-hybridized carbons (Fsp3) is 0.103. The number of carbonyl (C=O) groups excluding carboxylic acids is 1. The Balaban J connectivity index is 1.31. The summed E-state index contributed by atoms with van der Waals surface area (Å²) in [5.74, 6) is 0.727. The summed E-state index contributed by atoms with van der Waals surface area (Å²) in [6.45, 7) is 0. The Kier molecular flexibility index (Phi) is 7.98. The van der Waals surface area contributed by atoms with Crippen LogP contribution in [0.4, 0.5) is 0 Å². The van der Waals surface area contributed by atoms with E-state index in [4.69, 9.17) is 4.74 Å². The molecule has 0 aliphatic heterocycles. The molecule has 0 aromatic heterocycles. The molecule has 0 fully saturated rings. The van der Waals surface area contributed by atoms with E-state index in [-0.39, 0.29) is 17.8 Å². The van der Waals surface area contributed by atoms with E-state index in [2.05, 4.69) is 231 Å². The van der Waals surface area contributed by atoms with Gasteiger partial charge in [0.2, 0.25) is 0 Å². The molecular formula is C68H46O2Sn. The molecule has 10 aromatic carbocycles. The van der Waals surface area contributed by atoms with Crippen molar-refractivity contribution in [3.05, 3.63) is 348 Å². The van der Waals surface area contributed by atoms with Gasteiger partial charge in [0.1, 0.15) is 0 Å². The molecule has 0 heterocycles. The van der Waals surface area contributed by atoms with Gasteiger partial charge in [-0.1, -0.05) is 0 Å². The fourth-order valence-corrected chi connectivity index (χ4v) is 42.4. The van der Waals surface area contributed by atoms with Gasteiger partial charge in [-0.2, -0.15) is 0 Å². The molecule has 2 nitrogen and oxygen atoms in total. The summed E-state index contributed by atoms with van der Waals surface area (Å²) in [6, 6.07) is 92.8. The van der Waals surface area contributed by atoms with Crippen LogP contribution in [0.1, 0.15) is 128 Å². The summed E-state index contributed by atoms with van der Waals surface area (Å²) in [5.41, 5.74) is 24.0. The Labute approximate surface area is 418 Å². The third kappa shape index (κ3) is 4.30. The third-order valence-corrected chi connectivity index (χ3v) is 37.8. The second-order valence-electron chi connectivity index (χ2n) is 20.6. The zero-order valence-corrected chi connectivity index (χ0v) is 42.0. The predicted molar refractivity (Wildman–Crippen MR) is 284 cm³/mol. The van der Waals surface area contributed by atoms with Crippen LogP contribution in [-0.4, -0.2) is 29.3 Å². The summed E-state index contributed by atoms with van der Waals surface area (Å²) >= 11 is -6.37. The molecule has 0 amide bonds. The molecule has 6 bridgehead atoms. The van der Waals surface area contributed by atoms with E-state index in [1.807, 2.05) is 12.1 Å². The third-order valence-electron chi connectivity index (χ3n) is 18.5. The standard InChI is InChI=1S/3C20H13.C8H7O2.Sn/c3*1-2-8-14-13(7-1)19-15-9-3-5-11-17(15)20(14)18-12-6-4-10-16(18)19;1-10-8-4-2-7(6-9)3-5-8;/h3*1-12,19H;2-5H,1H3;. The van der Waals surface area contributed by atoms with E-state index in [9.17, 15) is 0 Å². The molecule has 71 heavy (non-hydrogen) atoms. The van der Waals surface area contributed by atoms with Crippen molar-refractivity contribution in [2.45, 2.75) is 28.0 Å². The molecule has 0 saturated heterocycles. The van der Waals surface area contributed by atoms with Crippen molar-refractivity contribution < 1.29 is 9.53 Å². The number of benzene rings is 10. The summed E-state index contributed by atoms with van der Waals surface area (Å²) in [5, 5.41) is 0. The van der Waals surface area contributed by atoms with Crippen molar-refractivity contribution in [3.8, 4) is 5.75 Å². The maximum atomic E-state index is 19.4. The molecule has 3 heteroatoms. The Morgan fingerprint density at radius 3 is 0.704 bits per heavy atom. The minimum atomic E-state index is -6.37. The number of carbonyl (C=O) groups is 1. The fourth-order valence-electron chi connectivity index (χ4n) is 16.8. The normalized spacial score (nSPS) is 24.0. The van der Waals surface area contributed by atoms with Gasteiger partial charge in [0.15, 0.2) is 0 Å². The van der Waals surface area contributed by atoms with Gasteiger partial charge in [0.25, 0.3) is 0 Å². The molecule has 0 radical (unpaired) electrons. The van der Waals surface area contributed by atoms with E-state index < -0.39 is 28.7 Å². The predicted octanol–water partition coefficient (Wildman–Crippen LogP) is 14.0. The first-order valence-electron chi connectivity index (χ1n) is 25.2. The monoisotopic (exact) mass is 1010 g/mol. The topological polar surface area (TPSA) is 26.3 Å². The molecule has 0 saturated carbocycles. The molecule has 0 unspecified atom stereocenters. The zero-order chi connectivity index (χ0) is 46.8. The first-order chi connectivity index (χ1) is 35.1. The summed E-state index contributed by atoms with van der Waals surface area (Å²) < 4.78 is 3.28. The van der Waals surface area contributed by atoms with Crippen molar-refractivity contribution in [1.82, 2.24) is 0 Å².